The number of hydrogen-bond acceptors (Lipinski definition) is 1. The van der Waals surface area contributed by atoms with Gasteiger partial charge >= 0.3 is 0 Å². The minimum Gasteiger partial charge on any atom is -0.311 e. The smallest absolute Gasteiger partial charge is 0.250 e. The predicted molar refractivity (Wildman–Crippen MR) is 107 cm³/mol. The van der Waals surface area contributed by atoms with E-state index in [1.54, 1.807) is 16.7 Å². The van der Waals surface area contributed by atoms with Crippen LogP contribution in [-0.2, 0) is 6.54 Å². The highest BCUT2D eigenvalue weighted by atomic mass is 16.1. The minimum absolute atomic E-state index is 0.0155. The van der Waals surface area contributed by atoms with Gasteiger partial charge in [0.05, 0.1) is 6.54 Å². The lowest BCUT2D eigenvalue weighted by Gasteiger charge is -2.12. The van der Waals surface area contributed by atoms with Gasteiger partial charge in [0.15, 0.2) is 0 Å². The second-order valence-corrected chi connectivity index (χ2v) is 6.27. The van der Waals surface area contributed by atoms with Crippen molar-refractivity contribution in [2.24, 2.45) is 0 Å². The predicted octanol–water partition coefficient (Wildman–Crippen LogP) is 5.23. The van der Waals surface area contributed by atoms with Crippen LogP contribution in [0.25, 0.3) is 22.3 Å². The van der Waals surface area contributed by atoms with Gasteiger partial charge in [0.25, 0.3) is 5.56 Å². The molecule has 0 saturated heterocycles. The van der Waals surface area contributed by atoms with Crippen LogP contribution in [0.4, 0.5) is 0 Å². The molecule has 0 atom stereocenters. The van der Waals surface area contributed by atoms with Crippen LogP contribution in [0.15, 0.2) is 108 Å². The maximum atomic E-state index is 12.0. The molecule has 0 unspecified atom stereocenters. The Morgan fingerprint density at radius 2 is 1.19 bits per heavy atom. The summed E-state index contributed by atoms with van der Waals surface area (Å²) in [6, 6.07) is 32.5. The van der Waals surface area contributed by atoms with Gasteiger partial charge in [-0.2, -0.15) is 0 Å². The average molecular weight is 337 g/mol. The van der Waals surface area contributed by atoms with Gasteiger partial charge in [-0.25, -0.2) is 0 Å². The van der Waals surface area contributed by atoms with Crippen LogP contribution in [0, 0.1) is 0 Å². The summed E-state index contributed by atoms with van der Waals surface area (Å²) in [6.07, 6.45) is 1.83. The fraction of sp³-hybridized carbons (Fsp3) is 0.0417. The van der Waals surface area contributed by atoms with Crippen LogP contribution in [0.1, 0.15) is 5.56 Å². The van der Waals surface area contributed by atoms with Gasteiger partial charge in [0, 0.05) is 12.3 Å². The molecule has 0 amide bonds. The van der Waals surface area contributed by atoms with E-state index in [0.29, 0.717) is 6.54 Å². The Labute approximate surface area is 153 Å². The fourth-order valence-electron chi connectivity index (χ4n) is 3.19. The van der Waals surface area contributed by atoms with E-state index in [0.717, 1.165) is 16.7 Å². The molecule has 1 heterocycles. The lowest BCUT2D eigenvalue weighted by molar-refractivity contribution is 0.761. The van der Waals surface area contributed by atoms with E-state index in [1.165, 1.54) is 11.1 Å². The number of aromatic nitrogens is 1. The molecule has 0 spiro atoms. The van der Waals surface area contributed by atoms with Gasteiger partial charge in [-0.3, -0.25) is 4.79 Å². The highest BCUT2D eigenvalue weighted by molar-refractivity contribution is 5.72. The van der Waals surface area contributed by atoms with Crippen molar-refractivity contribution in [3.63, 3.8) is 0 Å². The topological polar surface area (TPSA) is 22.0 Å². The lowest BCUT2D eigenvalue weighted by Crippen LogP contribution is -2.18. The maximum absolute atomic E-state index is 12.0. The first-order valence-corrected chi connectivity index (χ1v) is 8.70. The minimum atomic E-state index is 0.0155. The number of pyridine rings is 1. The standard InChI is InChI=1S/C24H19NO/c26-24-12-6-7-17-25(24)18-22-10-4-5-11-23(22)21-15-13-20(14-16-21)19-8-2-1-3-9-19/h1-17H,18H2. The highest BCUT2D eigenvalue weighted by Gasteiger charge is 2.06. The van der Waals surface area contributed by atoms with Crippen molar-refractivity contribution in [2.45, 2.75) is 6.54 Å². The second kappa shape index (κ2) is 7.24. The summed E-state index contributed by atoms with van der Waals surface area (Å²) < 4.78 is 1.73. The zero-order valence-electron chi connectivity index (χ0n) is 14.4. The van der Waals surface area contributed by atoms with Gasteiger partial charge in [-0.05, 0) is 33.9 Å². The first kappa shape index (κ1) is 16.1. The van der Waals surface area contributed by atoms with Crippen molar-refractivity contribution in [2.75, 3.05) is 0 Å². The molecule has 0 bridgehead atoms. The summed E-state index contributed by atoms with van der Waals surface area (Å²) in [5, 5.41) is 0. The number of hydrogen-bond donors (Lipinski definition) is 0. The molecule has 0 fully saturated rings. The molecule has 1 aromatic heterocycles. The molecule has 26 heavy (non-hydrogen) atoms. The van der Waals surface area contributed by atoms with Crippen molar-refractivity contribution in [3.05, 3.63) is 119 Å². The summed E-state index contributed by atoms with van der Waals surface area (Å²) in [5.74, 6) is 0. The molecule has 2 heteroatoms. The SMILES string of the molecule is O=c1ccccn1Cc1ccccc1-c1ccc(-c2ccccc2)cc1. The molecule has 0 radical (unpaired) electrons. The Hall–Kier alpha value is -3.39. The third-order valence-corrected chi connectivity index (χ3v) is 4.56. The van der Waals surface area contributed by atoms with E-state index in [2.05, 4.69) is 60.7 Å². The molecule has 2 nitrogen and oxygen atoms in total. The number of benzene rings is 3. The molecule has 0 aliphatic carbocycles. The monoisotopic (exact) mass is 337 g/mol. The first-order valence-electron chi connectivity index (χ1n) is 8.70. The molecule has 0 aliphatic heterocycles. The van der Waals surface area contributed by atoms with Crippen molar-refractivity contribution in [1.29, 1.82) is 0 Å². The largest absolute Gasteiger partial charge is 0.311 e. The number of rotatable bonds is 4. The van der Waals surface area contributed by atoms with Crippen molar-refractivity contribution < 1.29 is 0 Å². The molecule has 0 N–H and O–H groups in total. The maximum Gasteiger partial charge on any atom is 0.250 e. The van der Waals surface area contributed by atoms with Crippen molar-refractivity contribution in [1.82, 2.24) is 4.57 Å². The Morgan fingerprint density at radius 1 is 0.577 bits per heavy atom. The van der Waals surface area contributed by atoms with E-state index in [-0.39, 0.29) is 5.56 Å². The normalized spacial score (nSPS) is 10.6. The lowest BCUT2D eigenvalue weighted by atomic mass is 9.97. The molecule has 0 aliphatic rings. The summed E-state index contributed by atoms with van der Waals surface area (Å²) in [4.78, 5) is 12.0. The van der Waals surface area contributed by atoms with Crippen LogP contribution in [0.5, 0.6) is 0 Å². The van der Waals surface area contributed by atoms with Gasteiger partial charge < -0.3 is 4.57 Å². The van der Waals surface area contributed by atoms with Crippen LogP contribution in [0.2, 0.25) is 0 Å². The Morgan fingerprint density at radius 3 is 1.96 bits per heavy atom. The van der Waals surface area contributed by atoms with E-state index in [9.17, 15) is 4.79 Å². The third kappa shape index (κ3) is 3.35. The van der Waals surface area contributed by atoms with Crippen molar-refractivity contribution in [3.8, 4) is 22.3 Å². The summed E-state index contributed by atoms with van der Waals surface area (Å²) in [5.41, 5.74) is 5.87. The molecular formula is C24H19NO. The fourth-order valence-corrected chi connectivity index (χ4v) is 3.19. The second-order valence-electron chi connectivity index (χ2n) is 6.27. The molecule has 4 aromatic rings. The quantitative estimate of drug-likeness (QED) is 0.500. The van der Waals surface area contributed by atoms with E-state index >= 15 is 0 Å². The van der Waals surface area contributed by atoms with Gasteiger partial charge in [0.1, 0.15) is 0 Å². The van der Waals surface area contributed by atoms with Crippen molar-refractivity contribution >= 4 is 0 Å². The molecule has 0 saturated carbocycles. The highest BCUT2D eigenvalue weighted by Crippen LogP contribution is 2.27. The van der Waals surface area contributed by atoms with Gasteiger partial charge in [-0.15, -0.1) is 0 Å². The van der Waals surface area contributed by atoms with Crippen LogP contribution >= 0.6 is 0 Å². The molecule has 126 valence electrons. The third-order valence-electron chi connectivity index (χ3n) is 4.56. The van der Waals surface area contributed by atoms with Crippen LogP contribution in [-0.4, -0.2) is 4.57 Å². The molecule has 4 rings (SSSR count). The van der Waals surface area contributed by atoms with Crippen LogP contribution < -0.4 is 5.56 Å². The number of nitrogens with zero attached hydrogens (tertiary/aromatic N) is 1. The zero-order chi connectivity index (χ0) is 17.8. The Balaban J connectivity index is 1.68. The van der Waals surface area contributed by atoms with E-state index < -0.39 is 0 Å². The van der Waals surface area contributed by atoms with Gasteiger partial charge in [-0.1, -0.05) is 84.9 Å². The van der Waals surface area contributed by atoms with E-state index in [4.69, 9.17) is 0 Å². The molecular weight excluding hydrogens is 318 g/mol. The Kier molecular flexibility index (Phi) is 4.48. The molecule has 3 aromatic carbocycles. The van der Waals surface area contributed by atoms with Crippen LogP contribution in [0.3, 0.4) is 0 Å². The summed E-state index contributed by atoms with van der Waals surface area (Å²) >= 11 is 0. The summed E-state index contributed by atoms with van der Waals surface area (Å²) in [7, 11) is 0. The Bertz CT molecular complexity index is 1060. The van der Waals surface area contributed by atoms with Gasteiger partial charge in [0.2, 0.25) is 0 Å². The zero-order valence-corrected chi connectivity index (χ0v) is 14.4. The first-order chi connectivity index (χ1) is 12.8. The summed E-state index contributed by atoms with van der Waals surface area (Å²) in [6.45, 7) is 0.566. The average Bonchev–Trinajstić information content (AvgIpc) is 2.71. The van der Waals surface area contributed by atoms with E-state index in [1.807, 2.05) is 30.5 Å².